The van der Waals surface area contributed by atoms with Crippen LogP contribution in [0.1, 0.15) is 37.8 Å². The number of halogens is 5. The molecule has 1 N–H and O–H groups in total. The molecule has 0 spiro atoms. The van der Waals surface area contributed by atoms with Gasteiger partial charge in [0.05, 0.1) is 22.5 Å². The van der Waals surface area contributed by atoms with Gasteiger partial charge < -0.3 is 10.2 Å². The van der Waals surface area contributed by atoms with E-state index in [0.717, 1.165) is 36.1 Å². The van der Waals surface area contributed by atoms with E-state index < -0.39 is 56.9 Å². The lowest BCUT2D eigenvalue weighted by atomic mass is 10.1. The average molecular weight is 582 g/mol. The predicted octanol–water partition coefficient (Wildman–Crippen LogP) is 5.11. The van der Waals surface area contributed by atoms with Gasteiger partial charge in [-0.2, -0.15) is 13.2 Å². The molecule has 204 valence electrons. The van der Waals surface area contributed by atoms with Crippen LogP contribution in [0.25, 0.3) is 0 Å². The van der Waals surface area contributed by atoms with E-state index in [9.17, 15) is 31.2 Å². The van der Waals surface area contributed by atoms with E-state index >= 15 is 0 Å². The van der Waals surface area contributed by atoms with Gasteiger partial charge in [0, 0.05) is 18.1 Å². The van der Waals surface area contributed by atoms with Crippen molar-refractivity contribution in [2.24, 2.45) is 0 Å². The third-order valence-electron chi connectivity index (χ3n) is 5.52. The molecule has 0 aliphatic carbocycles. The predicted molar refractivity (Wildman–Crippen MR) is 138 cm³/mol. The molecule has 2 amide bonds. The summed E-state index contributed by atoms with van der Waals surface area (Å²) < 4.78 is 65.9. The lowest BCUT2D eigenvalue weighted by Gasteiger charge is -2.32. The van der Waals surface area contributed by atoms with Crippen molar-refractivity contribution in [3.05, 3.63) is 63.6 Å². The van der Waals surface area contributed by atoms with Gasteiger partial charge >= 0.3 is 6.18 Å². The highest BCUT2D eigenvalue weighted by molar-refractivity contribution is 7.92. The van der Waals surface area contributed by atoms with Gasteiger partial charge in [-0.15, -0.1) is 0 Å². The molecule has 0 aliphatic heterocycles. The number of carbonyl (C=O) groups excluding carboxylic acids is 2. The number of nitrogens with one attached hydrogen (secondary N) is 1. The third kappa shape index (κ3) is 8.51. The van der Waals surface area contributed by atoms with Gasteiger partial charge in [0.1, 0.15) is 12.6 Å². The molecule has 0 saturated heterocycles. The van der Waals surface area contributed by atoms with Crippen molar-refractivity contribution < 1.29 is 31.2 Å². The van der Waals surface area contributed by atoms with E-state index in [-0.39, 0.29) is 6.54 Å². The van der Waals surface area contributed by atoms with Gasteiger partial charge in [0.25, 0.3) is 0 Å². The number of carbonyl (C=O) groups is 2. The Bertz CT molecular complexity index is 1230. The van der Waals surface area contributed by atoms with Crippen LogP contribution in [-0.4, -0.2) is 50.5 Å². The van der Waals surface area contributed by atoms with Crippen molar-refractivity contribution in [1.29, 1.82) is 0 Å². The normalized spacial score (nSPS) is 12.6. The van der Waals surface area contributed by atoms with Gasteiger partial charge in [-0.3, -0.25) is 13.9 Å². The molecule has 0 bridgehead atoms. The first-order valence-corrected chi connectivity index (χ1v) is 13.9. The number of hydrogen-bond donors (Lipinski definition) is 1. The number of sulfonamides is 1. The van der Waals surface area contributed by atoms with Crippen LogP contribution in [0.4, 0.5) is 18.9 Å². The third-order valence-corrected chi connectivity index (χ3v) is 7.36. The number of alkyl halides is 3. The minimum atomic E-state index is -4.85. The van der Waals surface area contributed by atoms with E-state index in [1.54, 1.807) is 24.3 Å². The van der Waals surface area contributed by atoms with Gasteiger partial charge in [0.2, 0.25) is 21.8 Å². The smallest absolute Gasteiger partial charge is 0.354 e. The second kappa shape index (κ2) is 12.8. The molecule has 2 aromatic rings. The molecular weight excluding hydrogens is 554 g/mol. The van der Waals surface area contributed by atoms with E-state index in [4.69, 9.17) is 23.2 Å². The fourth-order valence-corrected chi connectivity index (χ4v) is 4.69. The molecule has 0 heterocycles. The molecule has 2 aromatic carbocycles. The maximum absolute atomic E-state index is 13.5. The first kappa shape index (κ1) is 30.7. The lowest BCUT2D eigenvalue weighted by Crippen LogP contribution is -2.51. The average Bonchev–Trinajstić information content (AvgIpc) is 2.80. The summed E-state index contributed by atoms with van der Waals surface area (Å²) in [5.74, 6) is -1.28. The summed E-state index contributed by atoms with van der Waals surface area (Å²) in [7, 11) is -4.22. The number of benzene rings is 2. The second-order valence-electron chi connectivity index (χ2n) is 8.37. The first-order valence-electron chi connectivity index (χ1n) is 11.3. The van der Waals surface area contributed by atoms with E-state index in [1.165, 1.54) is 6.92 Å². The van der Waals surface area contributed by atoms with Crippen molar-refractivity contribution in [1.82, 2.24) is 10.2 Å². The van der Waals surface area contributed by atoms with E-state index in [1.807, 2.05) is 6.92 Å². The van der Waals surface area contributed by atoms with Crippen molar-refractivity contribution in [2.75, 3.05) is 23.7 Å². The summed E-state index contributed by atoms with van der Waals surface area (Å²) in [5, 5.41) is 2.44. The Labute approximate surface area is 224 Å². The number of rotatable bonds is 11. The van der Waals surface area contributed by atoms with Crippen molar-refractivity contribution in [3.8, 4) is 0 Å². The van der Waals surface area contributed by atoms with Crippen LogP contribution in [0.15, 0.2) is 42.5 Å². The quantitative estimate of drug-likeness (QED) is 0.373. The highest BCUT2D eigenvalue weighted by Gasteiger charge is 2.35. The zero-order valence-electron chi connectivity index (χ0n) is 20.5. The molecular formula is C24H28Cl2F3N3O4S. The molecule has 0 saturated carbocycles. The summed E-state index contributed by atoms with van der Waals surface area (Å²) in [6, 6.07) is 8.13. The second-order valence-corrected chi connectivity index (χ2v) is 11.1. The maximum Gasteiger partial charge on any atom is 0.417 e. The van der Waals surface area contributed by atoms with Crippen LogP contribution in [0.3, 0.4) is 0 Å². The van der Waals surface area contributed by atoms with E-state index in [2.05, 4.69) is 5.32 Å². The Kier molecular flexibility index (Phi) is 10.7. The fraction of sp³-hybridized carbons (Fsp3) is 0.417. The molecule has 2 rings (SSSR count). The van der Waals surface area contributed by atoms with Crippen LogP contribution >= 0.6 is 23.2 Å². The first-order chi connectivity index (χ1) is 17.2. The monoisotopic (exact) mass is 581 g/mol. The van der Waals surface area contributed by atoms with Gasteiger partial charge in [0.15, 0.2) is 0 Å². The van der Waals surface area contributed by atoms with Gasteiger partial charge in [-0.1, -0.05) is 54.7 Å². The Morgan fingerprint density at radius 3 is 2.30 bits per heavy atom. The minimum Gasteiger partial charge on any atom is -0.354 e. The van der Waals surface area contributed by atoms with Crippen LogP contribution in [-0.2, 0) is 32.3 Å². The lowest BCUT2D eigenvalue weighted by molar-refractivity contribution is -0.139. The summed E-state index contributed by atoms with van der Waals surface area (Å²) in [4.78, 5) is 27.4. The minimum absolute atomic E-state index is 0.132. The number of hydrogen-bond acceptors (Lipinski definition) is 4. The Morgan fingerprint density at radius 2 is 1.73 bits per heavy atom. The summed E-state index contributed by atoms with van der Waals surface area (Å²) in [6.07, 6.45) is -2.53. The molecule has 0 aliphatic rings. The van der Waals surface area contributed by atoms with Crippen LogP contribution < -0.4 is 9.62 Å². The van der Waals surface area contributed by atoms with Crippen molar-refractivity contribution in [3.63, 3.8) is 0 Å². The van der Waals surface area contributed by atoms with Crippen molar-refractivity contribution in [2.45, 2.75) is 45.5 Å². The van der Waals surface area contributed by atoms with Crippen LogP contribution in [0.5, 0.6) is 0 Å². The van der Waals surface area contributed by atoms with Gasteiger partial charge in [-0.05, 0) is 43.2 Å². The zero-order chi connectivity index (χ0) is 28.0. The number of unbranched alkanes of at least 4 members (excludes halogenated alkanes) is 1. The molecule has 0 fully saturated rings. The van der Waals surface area contributed by atoms with E-state index in [0.29, 0.717) is 27.5 Å². The Morgan fingerprint density at radius 1 is 1.08 bits per heavy atom. The topological polar surface area (TPSA) is 86.8 Å². The van der Waals surface area contributed by atoms with Crippen LogP contribution in [0.2, 0.25) is 10.0 Å². The fourth-order valence-electron chi connectivity index (χ4n) is 3.43. The molecule has 0 aromatic heterocycles. The highest BCUT2D eigenvalue weighted by atomic mass is 35.5. The molecule has 7 nitrogen and oxygen atoms in total. The number of amides is 2. The van der Waals surface area contributed by atoms with Crippen molar-refractivity contribution >= 4 is 50.7 Å². The highest BCUT2D eigenvalue weighted by Crippen LogP contribution is 2.37. The Hall–Kier alpha value is -2.50. The summed E-state index contributed by atoms with van der Waals surface area (Å²) >= 11 is 11.9. The summed E-state index contributed by atoms with van der Waals surface area (Å²) in [6.45, 7) is 2.82. The Balaban J connectivity index is 2.46. The maximum atomic E-state index is 13.5. The standard InChI is InChI=1S/C24H28Cl2F3N3O4S/c1-4-5-12-30-23(34)16(2)31(14-17-8-6-7-9-20(17)25)22(33)15-32(37(3,35)36)18-10-11-21(26)19(13-18)24(27,28)29/h6-11,13,16H,4-5,12,14-15H2,1-3H3,(H,30,34)/t16-/m0/s1. The van der Waals surface area contributed by atoms with Crippen LogP contribution in [0, 0.1) is 0 Å². The summed E-state index contributed by atoms with van der Waals surface area (Å²) in [5.41, 5.74) is -1.14. The molecule has 0 radical (unpaired) electrons. The molecule has 13 heteroatoms. The molecule has 0 unspecified atom stereocenters. The molecule has 37 heavy (non-hydrogen) atoms. The largest absolute Gasteiger partial charge is 0.417 e. The SMILES string of the molecule is CCCCNC(=O)[C@H](C)N(Cc1ccccc1Cl)C(=O)CN(c1ccc(Cl)c(C(F)(F)F)c1)S(C)(=O)=O. The zero-order valence-corrected chi connectivity index (χ0v) is 22.8. The van der Waals surface area contributed by atoms with Gasteiger partial charge in [-0.25, -0.2) is 8.42 Å². The molecule has 1 atom stereocenters. The number of nitrogens with zero attached hydrogens (tertiary/aromatic N) is 2. The number of anilines is 1.